The van der Waals surface area contributed by atoms with Crippen molar-refractivity contribution in [2.24, 2.45) is 17.8 Å². The molecular weight excluding hydrogens is 308 g/mol. The molecule has 3 unspecified atom stereocenters. The second kappa shape index (κ2) is 9.17. The number of nitrogens with one attached hydrogen (secondary N) is 1. The number of halogens is 1. The van der Waals surface area contributed by atoms with Gasteiger partial charge in [0.15, 0.2) is 0 Å². The van der Waals surface area contributed by atoms with Gasteiger partial charge >= 0.3 is 0 Å². The minimum Gasteiger partial charge on any atom is -0.399 e. The summed E-state index contributed by atoms with van der Waals surface area (Å²) in [5, 5.41) is 3.29. The molecule has 1 aliphatic rings. The van der Waals surface area contributed by atoms with E-state index < -0.39 is 0 Å². The average Bonchev–Trinajstić information content (AvgIpc) is 2.46. The highest BCUT2D eigenvalue weighted by Crippen LogP contribution is 2.33. The third-order valence-electron chi connectivity index (χ3n) is 5.05. The molecule has 1 aliphatic carbocycles. The molecule has 0 heterocycles. The first-order valence-corrected chi connectivity index (χ1v) is 8.60. The Morgan fingerprint density at radius 2 is 2.00 bits per heavy atom. The Morgan fingerprint density at radius 1 is 1.30 bits per heavy atom. The van der Waals surface area contributed by atoms with Crippen LogP contribution in [0.2, 0.25) is 0 Å². The first-order chi connectivity index (χ1) is 10.5. The first kappa shape index (κ1) is 19.8. The van der Waals surface area contributed by atoms with Crippen molar-refractivity contribution in [2.75, 3.05) is 5.73 Å². The third-order valence-corrected chi connectivity index (χ3v) is 5.05. The molecule has 1 aromatic rings. The number of anilines is 1. The van der Waals surface area contributed by atoms with Crippen LogP contribution in [0.1, 0.15) is 52.0 Å². The van der Waals surface area contributed by atoms with Crippen LogP contribution in [-0.2, 0) is 11.2 Å². The van der Waals surface area contributed by atoms with Crippen molar-refractivity contribution in [1.29, 1.82) is 0 Å². The Bertz CT molecular complexity index is 504. The van der Waals surface area contributed by atoms with Crippen LogP contribution in [0.4, 0.5) is 5.69 Å². The van der Waals surface area contributed by atoms with Crippen molar-refractivity contribution >= 4 is 24.0 Å². The Balaban J connectivity index is 0.00000264. The van der Waals surface area contributed by atoms with E-state index in [1.54, 1.807) is 0 Å². The number of nitrogens with two attached hydrogens (primary N) is 1. The van der Waals surface area contributed by atoms with Crippen molar-refractivity contribution in [3.8, 4) is 0 Å². The first-order valence-electron chi connectivity index (χ1n) is 8.60. The maximum Gasteiger partial charge on any atom is 0.220 e. The summed E-state index contributed by atoms with van der Waals surface area (Å²) < 4.78 is 0. The molecule has 0 radical (unpaired) electrons. The fourth-order valence-corrected chi connectivity index (χ4v) is 3.66. The Hall–Kier alpha value is -1.22. The van der Waals surface area contributed by atoms with Gasteiger partial charge in [-0.1, -0.05) is 45.4 Å². The van der Waals surface area contributed by atoms with Gasteiger partial charge in [-0.3, -0.25) is 4.79 Å². The molecule has 3 nitrogen and oxygen atoms in total. The van der Waals surface area contributed by atoms with E-state index in [9.17, 15) is 4.79 Å². The summed E-state index contributed by atoms with van der Waals surface area (Å²) in [5.41, 5.74) is 7.78. The Kier molecular flexibility index (Phi) is 7.90. The summed E-state index contributed by atoms with van der Waals surface area (Å²) >= 11 is 0. The number of nitrogen functional groups attached to an aromatic ring is 1. The molecule has 3 N–H and O–H groups in total. The zero-order valence-corrected chi connectivity index (χ0v) is 15.4. The van der Waals surface area contributed by atoms with Crippen LogP contribution in [0, 0.1) is 17.8 Å². The number of para-hydroxylation sites is 1. The fraction of sp³-hybridized carbons (Fsp3) is 0.632. The van der Waals surface area contributed by atoms with Gasteiger partial charge < -0.3 is 11.1 Å². The van der Waals surface area contributed by atoms with E-state index in [0.29, 0.717) is 36.6 Å². The van der Waals surface area contributed by atoms with Gasteiger partial charge in [0.05, 0.1) is 0 Å². The second-order valence-electron chi connectivity index (χ2n) is 7.20. The fourth-order valence-electron chi connectivity index (χ4n) is 3.66. The maximum atomic E-state index is 12.3. The molecule has 1 saturated carbocycles. The van der Waals surface area contributed by atoms with Crippen molar-refractivity contribution < 1.29 is 4.79 Å². The lowest BCUT2D eigenvalue weighted by atomic mass is 9.74. The van der Waals surface area contributed by atoms with E-state index in [-0.39, 0.29) is 18.3 Å². The van der Waals surface area contributed by atoms with Gasteiger partial charge in [0.2, 0.25) is 5.91 Å². The molecule has 23 heavy (non-hydrogen) atoms. The largest absolute Gasteiger partial charge is 0.399 e. The van der Waals surface area contributed by atoms with Gasteiger partial charge in [-0.05, 0) is 48.6 Å². The number of carbonyl (C=O) groups excluding carboxylic acids is 1. The molecule has 1 aromatic carbocycles. The van der Waals surface area contributed by atoms with Gasteiger partial charge in [-0.15, -0.1) is 12.4 Å². The van der Waals surface area contributed by atoms with E-state index in [1.807, 2.05) is 24.3 Å². The van der Waals surface area contributed by atoms with Crippen molar-refractivity contribution in [1.82, 2.24) is 5.32 Å². The van der Waals surface area contributed by atoms with E-state index in [0.717, 1.165) is 17.7 Å². The van der Waals surface area contributed by atoms with Gasteiger partial charge in [0, 0.05) is 18.2 Å². The van der Waals surface area contributed by atoms with Crippen LogP contribution in [0.25, 0.3) is 0 Å². The number of benzene rings is 1. The molecule has 0 aliphatic heterocycles. The number of aryl methyl sites for hydroxylation is 1. The zero-order valence-electron chi connectivity index (χ0n) is 14.5. The molecular formula is C19H31ClN2O. The average molecular weight is 339 g/mol. The summed E-state index contributed by atoms with van der Waals surface area (Å²) in [7, 11) is 0. The molecule has 0 bridgehead atoms. The molecule has 0 spiro atoms. The summed E-state index contributed by atoms with van der Waals surface area (Å²) in [6, 6.07) is 8.13. The highest BCUT2D eigenvalue weighted by molar-refractivity contribution is 5.85. The zero-order chi connectivity index (χ0) is 16.1. The monoisotopic (exact) mass is 338 g/mol. The van der Waals surface area contributed by atoms with Crippen LogP contribution in [0.5, 0.6) is 0 Å². The number of hydrogen-bond donors (Lipinski definition) is 2. The summed E-state index contributed by atoms with van der Waals surface area (Å²) in [5.74, 6) is 2.11. The van der Waals surface area contributed by atoms with Gasteiger partial charge in [0.25, 0.3) is 0 Å². The number of hydrogen-bond acceptors (Lipinski definition) is 2. The second-order valence-corrected chi connectivity index (χ2v) is 7.20. The lowest BCUT2D eigenvalue weighted by molar-refractivity contribution is -0.122. The normalized spacial score (nSPS) is 24.1. The van der Waals surface area contributed by atoms with Crippen LogP contribution in [0.15, 0.2) is 24.3 Å². The van der Waals surface area contributed by atoms with Gasteiger partial charge in [-0.2, -0.15) is 0 Å². The topological polar surface area (TPSA) is 55.1 Å². The standard InChI is InChI=1S/C19H30N2O.ClH/c1-13(2)16-10-8-14(3)12-18(16)21-19(22)11-9-15-6-4-5-7-17(15)20;/h4-7,13-14,16,18H,8-12,20H2,1-3H3,(H,21,22);1H. The van der Waals surface area contributed by atoms with Crippen molar-refractivity contribution in [2.45, 2.75) is 58.9 Å². The van der Waals surface area contributed by atoms with Crippen LogP contribution in [-0.4, -0.2) is 11.9 Å². The van der Waals surface area contributed by atoms with E-state index in [1.165, 1.54) is 12.8 Å². The number of amides is 1. The third kappa shape index (κ3) is 5.72. The van der Waals surface area contributed by atoms with Crippen LogP contribution < -0.4 is 11.1 Å². The highest BCUT2D eigenvalue weighted by Gasteiger charge is 2.31. The molecule has 3 atom stereocenters. The summed E-state index contributed by atoms with van der Waals surface area (Å²) in [6.07, 6.45) is 4.87. The predicted octanol–water partition coefficient (Wildman–Crippen LogP) is 4.20. The van der Waals surface area contributed by atoms with Crippen LogP contribution in [0.3, 0.4) is 0 Å². The summed E-state index contributed by atoms with van der Waals surface area (Å²) in [4.78, 5) is 12.3. The molecule has 0 aromatic heterocycles. The molecule has 130 valence electrons. The highest BCUT2D eigenvalue weighted by atomic mass is 35.5. The molecule has 2 rings (SSSR count). The van der Waals surface area contributed by atoms with Crippen molar-refractivity contribution in [3.63, 3.8) is 0 Å². The molecule has 4 heteroatoms. The maximum absolute atomic E-state index is 12.3. The summed E-state index contributed by atoms with van der Waals surface area (Å²) in [6.45, 7) is 6.83. The van der Waals surface area contributed by atoms with Crippen molar-refractivity contribution in [3.05, 3.63) is 29.8 Å². The van der Waals surface area contributed by atoms with Gasteiger partial charge in [-0.25, -0.2) is 0 Å². The lowest BCUT2D eigenvalue weighted by Gasteiger charge is -2.37. The minimum absolute atomic E-state index is 0. The Morgan fingerprint density at radius 3 is 2.65 bits per heavy atom. The van der Waals surface area contributed by atoms with Gasteiger partial charge in [0.1, 0.15) is 0 Å². The van der Waals surface area contributed by atoms with E-state index in [2.05, 4.69) is 26.1 Å². The number of carbonyl (C=O) groups is 1. The Labute approximate surface area is 146 Å². The molecule has 1 amide bonds. The lowest BCUT2D eigenvalue weighted by Crippen LogP contribution is -2.45. The van der Waals surface area contributed by atoms with E-state index in [4.69, 9.17) is 5.73 Å². The number of rotatable bonds is 5. The molecule has 1 fully saturated rings. The quantitative estimate of drug-likeness (QED) is 0.790. The predicted molar refractivity (Wildman–Crippen MR) is 99.7 cm³/mol. The minimum atomic E-state index is 0. The van der Waals surface area contributed by atoms with E-state index >= 15 is 0 Å². The van der Waals surface area contributed by atoms with Crippen LogP contribution >= 0.6 is 12.4 Å². The molecule has 0 saturated heterocycles. The smallest absolute Gasteiger partial charge is 0.220 e. The SMILES string of the molecule is CC1CCC(C(C)C)C(NC(=O)CCc2ccccc2N)C1.Cl.